The van der Waals surface area contributed by atoms with Gasteiger partial charge in [-0.1, -0.05) is 23.2 Å². The van der Waals surface area contributed by atoms with Crippen LogP contribution in [0.15, 0.2) is 18.2 Å². The number of benzene rings is 1. The lowest BCUT2D eigenvalue weighted by Gasteiger charge is -2.08. The summed E-state index contributed by atoms with van der Waals surface area (Å²) in [6.45, 7) is -0.213. The summed E-state index contributed by atoms with van der Waals surface area (Å²) in [7, 11) is 1.21. The minimum absolute atomic E-state index is 0.213. The molecule has 92 valence electrons. The molecule has 0 heterocycles. The predicted octanol–water partition coefficient (Wildman–Crippen LogP) is 2.29. The summed E-state index contributed by atoms with van der Waals surface area (Å²) in [5.41, 5.74) is 0.385. The fourth-order valence-corrected chi connectivity index (χ4v) is 1.35. The average Bonchev–Trinajstić information content (AvgIpc) is 2.30. The van der Waals surface area contributed by atoms with Crippen molar-refractivity contribution in [2.75, 3.05) is 19.0 Å². The Labute approximate surface area is 108 Å². The molecule has 0 saturated heterocycles. The number of alkyl carbamates (subject to hydrolysis) is 1. The molecule has 1 aromatic rings. The molecule has 0 aliphatic heterocycles. The van der Waals surface area contributed by atoms with Gasteiger partial charge in [0.1, 0.15) is 6.54 Å². The van der Waals surface area contributed by atoms with E-state index in [0.29, 0.717) is 15.7 Å². The SMILES string of the molecule is COC(=O)NCC(=O)Nc1cc(Cl)ccc1Cl. The Morgan fingerprint density at radius 2 is 2.06 bits per heavy atom. The second-order valence-electron chi connectivity index (χ2n) is 3.02. The van der Waals surface area contributed by atoms with Gasteiger partial charge in [-0.05, 0) is 18.2 Å². The molecular weight excluding hydrogens is 267 g/mol. The average molecular weight is 277 g/mol. The Kier molecular flexibility index (Phi) is 5.06. The van der Waals surface area contributed by atoms with Crippen LogP contribution in [0.2, 0.25) is 10.0 Å². The molecule has 2 amide bonds. The Morgan fingerprint density at radius 3 is 2.71 bits per heavy atom. The van der Waals surface area contributed by atoms with E-state index in [1.165, 1.54) is 13.2 Å². The summed E-state index contributed by atoms with van der Waals surface area (Å²) in [5.74, 6) is -0.431. The molecule has 0 bridgehead atoms. The number of anilines is 1. The number of ether oxygens (including phenoxy) is 1. The Hall–Kier alpha value is -1.46. The number of nitrogens with one attached hydrogen (secondary N) is 2. The lowest BCUT2D eigenvalue weighted by atomic mass is 10.3. The number of methoxy groups -OCH3 is 1. The number of amides is 2. The maximum absolute atomic E-state index is 11.4. The lowest BCUT2D eigenvalue weighted by molar-refractivity contribution is -0.115. The van der Waals surface area contributed by atoms with E-state index in [0.717, 1.165) is 0 Å². The van der Waals surface area contributed by atoms with Gasteiger partial charge in [0.05, 0.1) is 17.8 Å². The van der Waals surface area contributed by atoms with Gasteiger partial charge in [0, 0.05) is 5.02 Å². The van der Waals surface area contributed by atoms with Crippen LogP contribution < -0.4 is 10.6 Å². The first-order chi connectivity index (χ1) is 8.02. The van der Waals surface area contributed by atoms with Crippen LogP contribution in [0.5, 0.6) is 0 Å². The summed E-state index contributed by atoms with van der Waals surface area (Å²) in [4.78, 5) is 22.1. The van der Waals surface area contributed by atoms with E-state index in [-0.39, 0.29) is 6.54 Å². The van der Waals surface area contributed by atoms with Crippen molar-refractivity contribution in [1.82, 2.24) is 5.32 Å². The quantitative estimate of drug-likeness (QED) is 0.890. The molecule has 0 atom stereocenters. The Balaban J connectivity index is 2.56. The maximum Gasteiger partial charge on any atom is 0.407 e. The zero-order chi connectivity index (χ0) is 12.8. The van der Waals surface area contributed by atoms with Crippen LogP contribution in [0.3, 0.4) is 0 Å². The molecule has 7 heteroatoms. The fraction of sp³-hybridized carbons (Fsp3) is 0.200. The topological polar surface area (TPSA) is 67.4 Å². The Bertz CT molecular complexity index is 438. The van der Waals surface area contributed by atoms with E-state index in [1.54, 1.807) is 12.1 Å². The van der Waals surface area contributed by atoms with Crippen molar-refractivity contribution in [3.63, 3.8) is 0 Å². The number of carbonyl (C=O) groups is 2. The standard InChI is InChI=1S/C10H10Cl2N2O3/c1-17-10(16)13-5-9(15)14-8-4-6(11)2-3-7(8)12/h2-4H,5H2,1H3,(H,13,16)(H,14,15). The molecule has 0 aromatic heterocycles. The highest BCUT2D eigenvalue weighted by molar-refractivity contribution is 6.35. The van der Waals surface area contributed by atoms with Crippen LogP contribution in [-0.2, 0) is 9.53 Å². The van der Waals surface area contributed by atoms with Crippen LogP contribution in [0.25, 0.3) is 0 Å². The second-order valence-corrected chi connectivity index (χ2v) is 3.86. The van der Waals surface area contributed by atoms with Crippen LogP contribution in [0.4, 0.5) is 10.5 Å². The summed E-state index contributed by atoms with van der Waals surface area (Å²) in [5, 5.41) is 5.55. The smallest absolute Gasteiger partial charge is 0.407 e. The molecule has 0 aliphatic rings. The normalized spacial score (nSPS) is 9.59. The summed E-state index contributed by atoms with van der Waals surface area (Å²) >= 11 is 11.6. The molecule has 2 N–H and O–H groups in total. The van der Waals surface area contributed by atoms with E-state index in [2.05, 4.69) is 15.4 Å². The van der Waals surface area contributed by atoms with Gasteiger partial charge < -0.3 is 15.4 Å². The lowest BCUT2D eigenvalue weighted by Crippen LogP contribution is -2.32. The van der Waals surface area contributed by atoms with Crippen LogP contribution in [0.1, 0.15) is 0 Å². The highest BCUT2D eigenvalue weighted by Gasteiger charge is 2.08. The molecule has 0 aliphatic carbocycles. The third kappa shape index (κ3) is 4.50. The van der Waals surface area contributed by atoms with Gasteiger partial charge in [0.2, 0.25) is 5.91 Å². The minimum atomic E-state index is -0.683. The fourth-order valence-electron chi connectivity index (χ4n) is 1.01. The van der Waals surface area contributed by atoms with Gasteiger partial charge in [0.15, 0.2) is 0 Å². The number of hydrogen-bond donors (Lipinski definition) is 2. The van der Waals surface area contributed by atoms with Crippen LogP contribution in [-0.4, -0.2) is 25.7 Å². The van der Waals surface area contributed by atoms with E-state index < -0.39 is 12.0 Å². The second kappa shape index (κ2) is 6.32. The molecule has 0 radical (unpaired) electrons. The molecule has 0 saturated carbocycles. The monoisotopic (exact) mass is 276 g/mol. The largest absolute Gasteiger partial charge is 0.453 e. The molecule has 0 unspecified atom stereocenters. The third-order valence-corrected chi connectivity index (χ3v) is 2.35. The number of rotatable bonds is 3. The van der Waals surface area contributed by atoms with Crippen LogP contribution in [0, 0.1) is 0 Å². The summed E-state index contributed by atoms with van der Waals surface area (Å²) < 4.78 is 4.32. The number of carbonyl (C=O) groups excluding carboxylic acids is 2. The van der Waals surface area contributed by atoms with E-state index in [4.69, 9.17) is 23.2 Å². The molecule has 5 nitrogen and oxygen atoms in total. The summed E-state index contributed by atoms with van der Waals surface area (Å²) in [6, 6.07) is 4.68. The van der Waals surface area contributed by atoms with Crippen molar-refractivity contribution in [2.45, 2.75) is 0 Å². The Morgan fingerprint density at radius 1 is 1.35 bits per heavy atom. The highest BCUT2D eigenvalue weighted by Crippen LogP contribution is 2.25. The molecule has 0 spiro atoms. The van der Waals surface area contributed by atoms with Crippen molar-refractivity contribution >= 4 is 40.9 Å². The third-order valence-electron chi connectivity index (χ3n) is 1.78. The first-order valence-electron chi connectivity index (χ1n) is 4.59. The van der Waals surface area contributed by atoms with Crippen molar-refractivity contribution in [1.29, 1.82) is 0 Å². The first kappa shape index (κ1) is 13.6. The predicted molar refractivity (Wildman–Crippen MR) is 65.5 cm³/mol. The van der Waals surface area contributed by atoms with Crippen molar-refractivity contribution in [3.05, 3.63) is 28.2 Å². The number of hydrogen-bond acceptors (Lipinski definition) is 3. The van der Waals surface area contributed by atoms with E-state index in [9.17, 15) is 9.59 Å². The molecule has 0 fully saturated rings. The zero-order valence-electron chi connectivity index (χ0n) is 8.92. The molecule has 17 heavy (non-hydrogen) atoms. The molecule has 1 aromatic carbocycles. The minimum Gasteiger partial charge on any atom is -0.453 e. The summed E-state index contributed by atoms with van der Waals surface area (Å²) in [6.07, 6.45) is -0.683. The van der Waals surface area contributed by atoms with Gasteiger partial charge in [-0.2, -0.15) is 0 Å². The van der Waals surface area contributed by atoms with Crippen molar-refractivity contribution in [2.24, 2.45) is 0 Å². The van der Waals surface area contributed by atoms with E-state index >= 15 is 0 Å². The van der Waals surface area contributed by atoms with Gasteiger partial charge in [-0.3, -0.25) is 4.79 Å². The van der Waals surface area contributed by atoms with Gasteiger partial charge in [-0.25, -0.2) is 4.79 Å². The maximum atomic E-state index is 11.4. The van der Waals surface area contributed by atoms with Crippen molar-refractivity contribution < 1.29 is 14.3 Å². The van der Waals surface area contributed by atoms with E-state index in [1.807, 2.05) is 0 Å². The highest BCUT2D eigenvalue weighted by atomic mass is 35.5. The van der Waals surface area contributed by atoms with Crippen molar-refractivity contribution in [3.8, 4) is 0 Å². The zero-order valence-corrected chi connectivity index (χ0v) is 10.4. The molecular formula is C10H10Cl2N2O3. The van der Waals surface area contributed by atoms with Gasteiger partial charge >= 0.3 is 6.09 Å². The number of halogens is 2. The molecule has 1 rings (SSSR count). The van der Waals surface area contributed by atoms with Gasteiger partial charge in [0.25, 0.3) is 0 Å². The van der Waals surface area contributed by atoms with Gasteiger partial charge in [-0.15, -0.1) is 0 Å². The van der Waals surface area contributed by atoms with Crippen LogP contribution >= 0.6 is 23.2 Å². The first-order valence-corrected chi connectivity index (χ1v) is 5.35.